The van der Waals surface area contributed by atoms with E-state index in [0.29, 0.717) is 12.8 Å². The number of unbranched alkanes of at least 4 members (excludes halogenated alkanes) is 3. The van der Waals surface area contributed by atoms with Crippen LogP contribution in [0.3, 0.4) is 0 Å². The van der Waals surface area contributed by atoms with Crippen LogP contribution < -0.4 is 0 Å². The lowest BCUT2D eigenvalue weighted by molar-refractivity contribution is -0.142. The number of aliphatic carboxylic acids is 1. The van der Waals surface area contributed by atoms with Gasteiger partial charge in [-0.3, -0.25) is 9.59 Å². The molecule has 0 atom stereocenters. The van der Waals surface area contributed by atoms with Crippen LogP contribution in [-0.2, 0) is 14.3 Å². The number of carbonyl (C=O) groups excluding carboxylic acids is 1. The molecule has 0 bridgehead atoms. The molecule has 0 unspecified atom stereocenters. The fraction of sp³-hybridized carbons (Fsp3) is 0.636. The van der Waals surface area contributed by atoms with Crippen LogP contribution in [0.15, 0.2) is 12.7 Å². The minimum Gasteiger partial charge on any atom is -0.481 e. The van der Waals surface area contributed by atoms with Crippen molar-refractivity contribution in [1.82, 2.24) is 0 Å². The quantitative estimate of drug-likeness (QED) is 0.363. The molecular formula is C11H18O4. The second kappa shape index (κ2) is 9.24. The molecule has 0 aliphatic carbocycles. The molecule has 0 aromatic rings. The molecule has 0 aromatic heterocycles. The van der Waals surface area contributed by atoms with Gasteiger partial charge in [-0.05, 0) is 12.8 Å². The Labute approximate surface area is 89.9 Å². The summed E-state index contributed by atoms with van der Waals surface area (Å²) >= 11 is 0. The molecule has 86 valence electrons. The average Bonchev–Trinajstić information content (AvgIpc) is 2.19. The molecule has 15 heavy (non-hydrogen) atoms. The largest absolute Gasteiger partial charge is 0.481 e. The molecule has 0 spiro atoms. The first-order valence-electron chi connectivity index (χ1n) is 5.15. The van der Waals surface area contributed by atoms with Crippen molar-refractivity contribution in [2.24, 2.45) is 0 Å². The van der Waals surface area contributed by atoms with Crippen LogP contribution in [0, 0.1) is 0 Å². The van der Waals surface area contributed by atoms with Crippen molar-refractivity contribution in [3.05, 3.63) is 12.7 Å². The van der Waals surface area contributed by atoms with Crippen LogP contribution in [0.25, 0.3) is 0 Å². The second-order valence-electron chi connectivity index (χ2n) is 3.28. The minimum absolute atomic E-state index is 0.209. The van der Waals surface area contributed by atoms with E-state index in [-0.39, 0.29) is 19.0 Å². The van der Waals surface area contributed by atoms with Gasteiger partial charge >= 0.3 is 11.9 Å². The van der Waals surface area contributed by atoms with Gasteiger partial charge in [0, 0.05) is 12.8 Å². The zero-order valence-corrected chi connectivity index (χ0v) is 8.91. The lowest BCUT2D eigenvalue weighted by Crippen LogP contribution is -2.03. The smallest absolute Gasteiger partial charge is 0.306 e. The molecule has 0 aliphatic rings. The Morgan fingerprint density at radius 3 is 2.27 bits per heavy atom. The van der Waals surface area contributed by atoms with Gasteiger partial charge in [0.1, 0.15) is 6.61 Å². The van der Waals surface area contributed by atoms with E-state index in [1.54, 1.807) is 0 Å². The van der Waals surface area contributed by atoms with Gasteiger partial charge < -0.3 is 9.84 Å². The fourth-order valence-corrected chi connectivity index (χ4v) is 1.12. The third-order valence-corrected chi connectivity index (χ3v) is 1.88. The number of rotatable bonds is 9. The number of hydrogen-bond acceptors (Lipinski definition) is 3. The Morgan fingerprint density at radius 1 is 1.13 bits per heavy atom. The van der Waals surface area contributed by atoms with Gasteiger partial charge in [-0.15, -0.1) is 0 Å². The summed E-state index contributed by atoms with van der Waals surface area (Å²) in [5, 5.41) is 8.37. The highest BCUT2D eigenvalue weighted by Crippen LogP contribution is 2.06. The molecule has 4 heteroatoms. The monoisotopic (exact) mass is 214 g/mol. The number of ether oxygens (including phenoxy) is 1. The van der Waals surface area contributed by atoms with E-state index in [1.807, 2.05) is 0 Å². The van der Waals surface area contributed by atoms with Crippen molar-refractivity contribution in [1.29, 1.82) is 0 Å². The Morgan fingerprint density at radius 2 is 1.73 bits per heavy atom. The molecule has 0 rings (SSSR count). The predicted molar refractivity (Wildman–Crippen MR) is 56.5 cm³/mol. The van der Waals surface area contributed by atoms with Crippen LogP contribution >= 0.6 is 0 Å². The highest BCUT2D eigenvalue weighted by molar-refractivity contribution is 5.69. The summed E-state index contributed by atoms with van der Waals surface area (Å²) in [6.45, 7) is 3.70. The summed E-state index contributed by atoms with van der Waals surface area (Å²) in [7, 11) is 0. The zero-order chi connectivity index (χ0) is 11.5. The topological polar surface area (TPSA) is 63.6 Å². The van der Waals surface area contributed by atoms with E-state index in [0.717, 1.165) is 19.3 Å². The van der Waals surface area contributed by atoms with Crippen LogP contribution in [0.4, 0.5) is 0 Å². The number of carboxylic acid groups (broad SMARTS) is 1. The van der Waals surface area contributed by atoms with Gasteiger partial charge in [0.25, 0.3) is 0 Å². The second-order valence-corrected chi connectivity index (χ2v) is 3.28. The van der Waals surface area contributed by atoms with Crippen molar-refractivity contribution in [2.75, 3.05) is 6.61 Å². The molecule has 0 aliphatic heterocycles. The number of carbonyl (C=O) groups is 2. The van der Waals surface area contributed by atoms with Crippen LogP contribution in [-0.4, -0.2) is 23.7 Å². The van der Waals surface area contributed by atoms with Gasteiger partial charge in [-0.1, -0.05) is 25.5 Å². The summed E-state index contributed by atoms with van der Waals surface area (Å²) in [5.41, 5.74) is 0. The summed E-state index contributed by atoms with van der Waals surface area (Å²) in [6, 6.07) is 0. The Kier molecular flexibility index (Phi) is 8.43. The highest BCUT2D eigenvalue weighted by atomic mass is 16.5. The molecule has 0 amide bonds. The fourth-order valence-electron chi connectivity index (χ4n) is 1.12. The van der Waals surface area contributed by atoms with Crippen LogP contribution in [0.5, 0.6) is 0 Å². The van der Waals surface area contributed by atoms with Gasteiger partial charge in [-0.2, -0.15) is 0 Å². The molecule has 0 aromatic carbocycles. The maximum absolute atomic E-state index is 11.0. The van der Waals surface area contributed by atoms with Gasteiger partial charge in [0.05, 0.1) is 0 Å². The van der Waals surface area contributed by atoms with Gasteiger partial charge in [0.15, 0.2) is 0 Å². The van der Waals surface area contributed by atoms with Gasteiger partial charge in [0.2, 0.25) is 0 Å². The lowest BCUT2D eigenvalue weighted by Gasteiger charge is -2.01. The lowest BCUT2D eigenvalue weighted by atomic mass is 10.1. The summed E-state index contributed by atoms with van der Waals surface area (Å²) in [6.07, 6.45) is 5.30. The van der Waals surface area contributed by atoms with Crippen molar-refractivity contribution < 1.29 is 19.4 Å². The number of hydrogen-bond donors (Lipinski definition) is 1. The van der Waals surface area contributed by atoms with E-state index in [9.17, 15) is 9.59 Å². The van der Waals surface area contributed by atoms with E-state index in [1.165, 1.54) is 6.08 Å². The minimum atomic E-state index is -0.764. The first kappa shape index (κ1) is 13.7. The third kappa shape index (κ3) is 10.6. The average molecular weight is 214 g/mol. The normalized spacial score (nSPS) is 9.60. The molecule has 0 radical (unpaired) electrons. The maximum Gasteiger partial charge on any atom is 0.306 e. The maximum atomic E-state index is 11.0. The molecule has 0 fully saturated rings. The molecular weight excluding hydrogens is 196 g/mol. The predicted octanol–water partition coefficient (Wildman–Crippen LogP) is 2.14. The van der Waals surface area contributed by atoms with Crippen LogP contribution in [0.1, 0.15) is 38.5 Å². The summed E-state index contributed by atoms with van der Waals surface area (Å²) < 4.78 is 4.78. The van der Waals surface area contributed by atoms with Crippen molar-refractivity contribution in [3.63, 3.8) is 0 Å². The zero-order valence-electron chi connectivity index (χ0n) is 8.91. The SMILES string of the molecule is C=CCOC(=O)CCCCCCC(=O)O. The molecule has 4 nitrogen and oxygen atoms in total. The van der Waals surface area contributed by atoms with E-state index >= 15 is 0 Å². The van der Waals surface area contributed by atoms with Gasteiger partial charge in [-0.25, -0.2) is 0 Å². The third-order valence-electron chi connectivity index (χ3n) is 1.88. The van der Waals surface area contributed by atoms with Crippen molar-refractivity contribution in [3.8, 4) is 0 Å². The van der Waals surface area contributed by atoms with Crippen molar-refractivity contribution >= 4 is 11.9 Å². The Bertz CT molecular complexity index is 211. The summed E-state index contributed by atoms with van der Waals surface area (Å²) in [5.74, 6) is -0.978. The molecule has 0 saturated carbocycles. The Balaban J connectivity index is 3.19. The van der Waals surface area contributed by atoms with E-state index in [2.05, 4.69) is 6.58 Å². The van der Waals surface area contributed by atoms with E-state index in [4.69, 9.17) is 9.84 Å². The first-order valence-corrected chi connectivity index (χ1v) is 5.15. The Hall–Kier alpha value is -1.32. The number of esters is 1. The first-order chi connectivity index (χ1) is 7.16. The summed E-state index contributed by atoms with van der Waals surface area (Å²) in [4.78, 5) is 21.2. The molecule has 0 heterocycles. The number of carboxylic acids is 1. The standard InChI is InChI=1S/C11H18O4/c1-2-9-15-11(14)8-6-4-3-5-7-10(12)13/h2H,1,3-9H2,(H,12,13). The molecule has 1 N–H and O–H groups in total. The van der Waals surface area contributed by atoms with E-state index < -0.39 is 5.97 Å². The molecule has 0 saturated heterocycles. The van der Waals surface area contributed by atoms with Crippen LogP contribution in [0.2, 0.25) is 0 Å². The van der Waals surface area contributed by atoms with Crippen molar-refractivity contribution in [2.45, 2.75) is 38.5 Å². The highest BCUT2D eigenvalue weighted by Gasteiger charge is 2.01.